The maximum absolute atomic E-state index is 12.9. The molecule has 28 heavy (non-hydrogen) atoms. The predicted octanol–water partition coefficient (Wildman–Crippen LogP) is 2.25. The van der Waals surface area contributed by atoms with Gasteiger partial charge in [0.1, 0.15) is 5.82 Å². The molecule has 0 aliphatic carbocycles. The normalized spacial score (nSPS) is 15.9. The number of nitrogens with one attached hydrogen (secondary N) is 1. The van der Waals surface area contributed by atoms with Crippen LogP contribution >= 0.6 is 0 Å². The van der Waals surface area contributed by atoms with Gasteiger partial charge in [0, 0.05) is 25.6 Å². The van der Waals surface area contributed by atoms with Crippen LogP contribution in [-0.4, -0.2) is 35.8 Å². The lowest BCUT2D eigenvalue weighted by molar-refractivity contribution is -0.136. The third-order valence-electron chi connectivity index (χ3n) is 5.17. The highest BCUT2D eigenvalue weighted by molar-refractivity contribution is 5.83. The smallest absolute Gasteiger partial charge is 0.239 e. The van der Waals surface area contributed by atoms with E-state index in [-0.39, 0.29) is 23.5 Å². The minimum atomic E-state index is -0.564. The van der Waals surface area contributed by atoms with Gasteiger partial charge in [-0.15, -0.1) is 0 Å². The largest absolute Gasteiger partial charge is 0.352 e. The zero-order valence-electron chi connectivity index (χ0n) is 15.8. The minimum Gasteiger partial charge on any atom is -0.352 e. The van der Waals surface area contributed by atoms with E-state index in [4.69, 9.17) is 5.73 Å². The van der Waals surface area contributed by atoms with E-state index in [9.17, 15) is 14.0 Å². The Balaban J connectivity index is 1.43. The topological polar surface area (TPSA) is 75.4 Å². The van der Waals surface area contributed by atoms with Crippen molar-refractivity contribution < 1.29 is 14.0 Å². The number of carbonyl (C=O) groups is 2. The molecule has 2 aromatic carbocycles. The van der Waals surface area contributed by atoms with Crippen LogP contribution in [0.4, 0.5) is 4.39 Å². The minimum absolute atomic E-state index is 0.0231. The Morgan fingerprint density at radius 2 is 1.68 bits per heavy atom. The molecule has 1 aliphatic rings. The molecule has 1 heterocycles. The number of nitrogens with zero attached hydrogens (tertiary/aromatic N) is 1. The Hall–Kier alpha value is -2.73. The van der Waals surface area contributed by atoms with Crippen molar-refractivity contribution in [3.05, 3.63) is 71.5 Å². The summed E-state index contributed by atoms with van der Waals surface area (Å²) in [6.45, 7) is 1.45. The predicted molar refractivity (Wildman–Crippen MR) is 106 cm³/mol. The Morgan fingerprint density at radius 1 is 1.04 bits per heavy atom. The average molecular weight is 383 g/mol. The summed E-state index contributed by atoms with van der Waals surface area (Å²) in [6.07, 6.45) is 1.76. The van der Waals surface area contributed by atoms with Crippen LogP contribution in [0.25, 0.3) is 0 Å². The van der Waals surface area contributed by atoms with Gasteiger partial charge in [0.2, 0.25) is 11.8 Å². The van der Waals surface area contributed by atoms with Crippen molar-refractivity contribution in [3.8, 4) is 0 Å². The summed E-state index contributed by atoms with van der Waals surface area (Å²) in [5.41, 5.74) is 8.00. The summed E-state index contributed by atoms with van der Waals surface area (Å²) in [5.74, 6) is -0.494. The molecule has 3 N–H and O–H groups in total. The van der Waals surface area contributed by atoms with Gasteiger partial charge in [-0.05, 0) is 42.5 Å². The fraction of sp³-hybridized carbons (Fsp3) is 0.364. The Morgan fingerprint density at radius 3 is 2.32 bits per heavy atom. The van der Waals surface area contributed by atoms with Gasteiger partial charge in [-0.2, -0.15) is 0 Å². The SMILES string of the molecule is N[C@@H](Cc1ccccc1)C(=O)N1CCC(C(=O)NCc2ccc(F)cc2)CC1. The highest BCUT2D eigenvalue weighted by atomic mass is 19.1. The Labute approximate surface area is 164 Å². The van der Waals surface area contributed by atoms with Crippen molar-refractivity contribution in [2.45, 2.75) is 31.8 Å². The third-order valence-corrected chi connectivity index (χ3v) is 5.17. The van der Waals surface area contributed by atoms with E-state index in [1.54, 1.807) is 17.0 Å². The van der Waals surface area contributed by atoms with E-state index in [2.05, 4.69) is 5.32 Å². The molecule has 0 unspecified atom stereocenters. The molecular weight excluding hydrogens is 357 g/mol. The first-order valence-corrected chi connectivity index (χ1v) is 9.63. The standard InChI is InChI=1S/C22H26FN3O2/c23-19-8-6-17(7-9-19)15-25-21(27)18-10-12-26(13-11-18)22(28)20(24)14-16-4-2-1-3-5-16/h1-9,18,20H,10-15,24H2,(H,25,27)/t20-/m0/s1. The maximum atomic E-state index is 12.9. The van der Waals surface area contributed by atoms with Crippen molar-refractivity contribution in [1.29, 1.82) is 0 Å². The third kappa shape index (κ3) is 5.39. The van der Waals surface area contributed by atoms with Crippen LogP contribution in [0.15, 0.2) is 54.6 Å². The summed E-state index contributed by atoms with van der Waals surface area (Å²) in [5, 5.41) is 2.90. The first-order chi connectivity index (χ1) is 13.5. The summed E-state index contributed by atoms with van der Waals surface area (Å²) in [6, 6.07) is 15.2. The highest BCUT2D eigenvalue weighted by Crippen LogP contribution is 2.19. The van der Waals surface area contributed by atoms with E-state index in [0.29, 0.717) is 38.9 Å². The lowest BCUT2D eigenvalue weighted by atomic mass is 9.95. The number of benzene rings is 2. The molecule has 1 fully saturated rings. The van der Waals surface area contributed by atoms with Gasteiger partial charge in [-0.1, -0.05) is 42.5 Å². The molecule has 0 saturated carbocycles. The van der Waals surface area contributed by atoms with Crippen LogP contribution in [0.3, 0.4) is 0 Å². The van der Waals surface area contributed by atoms with Gasteiger partial charge in [0.15, 0.2) is 0 Å². The van der Waals surface area contributed by atoms with Crippen molar-refractivity contribution in [1.82, 2.24) is 10.2 Å². The highest BCUT2D eigenvalue weighted by Gasteiger charge is 2.29. The second-order valence-corrected chi connectivity index (χ2v) is 7.24. The number of hydrogen-bond acceptors (Lipinski definition) is 3. The van der Waals surface area contributed by atoms with Crippen LogP contribution in [-0.2, 0) is 22.6 Å². The first-order valence-electron chi connectivity index (χ1n) is 9.63. The van der Waals surface area contributed by atoms with E-state index >= 15 is 0 Å². The fourth-order valence-electron chi connectivity index (χ4n) is 3.49. The van der Waals surface area contributed by atoms with E-state index < -0.39 is 6.04 Å². The zero-order valence-corrected chi connectivity index (χ0v) is 15.8. The fourth-order valence-corrected chi connectivity index (χ4v) is 3.49. The molecule has 2 aromatic rings. The molecule has 0 aromatic heterocycles. The lowest BCUT2D eigenvalue weighted by Gasteiger charge is -2.33. The number of piperidine rings is 1. The number of hydrogen-bond donors (Lipinski definition) is 2. The van der Waals surface area contributed by atoms with Crippen molar-refractivity contribution in [2.24, 2.45) is 11.7 Å². The van der Waals surface area contributed by atoms with Gasteiger partial charge < -0.3 is 16.0 Å². The molecule has 148 valence electrons. The van der Waals surface area contributed by atoms with Crippen LogP contribution in [0.2, 0.25) is 0 Å². The van der Waals surface area contributed by atoms with Crippen LogP contribution < -0.4 is 11.1 Å². The number of rotatable bonds is 6. The molecule has 1 atom stereocenters. The molecule has 6 heteroatoms. The molecule has 0 radical (unpaired) electrons. The molecule has 2 amide bonds. The van der Waals surface area contributed by atoms with Gasteiger partial charge in [0.25, 0.3) is 0 Å². The van der Waals surface area contributed by atoms with Gasteiger partial charge in [-0.3, -0.25) is 9.59 Å². The molecular formula is C22H26FN3O2. The van der Waals surface area contributed by atoms with Crippen LogP contribution in [0.5, 0.6) is 0 Å². The van der Waals surface area contributed by atoms with Crippen molar-refractivity contribution >= 4 is 11.8 Å². The Kier molecular flexibility index (Phi) is 6.76. The quantitative estimate of drug-likeness (QED) is 0.803. The van der Waals surface area contributed by atoms with Gasteiger partial charge in [0.05, 0.1) is 6.04 Å². The Bertz CT molecular complexity index is 787. The number of carbonyl (C=O) groups excluding carboxylic acids is 2. The van der Waals surface area contributed by atoms with Crippen molar-refractivity contribution in [2.75, 3.05) is 13.1 Å². The molecule has 5 nitrogen and oxygen atoms in total. The second kappa shape index (κ2) is 9.46. The second-order valence-electron chi connectivity index (χ2n) is 7.24. The van der Waals surface area contributed by atoms with E-state index in [1.165, 1.54) is 12.1 Å². The molecule has 0 spiro atoms. The van der Waals surface area contributed by atoms with Crippen LogP contribution in [0.1, 0.15) is 24.0 Å². The zero-order chi connectivity index (χ0) is 19.9. The number of nitrogens with two attached hydrogens (primary N) is 1. The average Bonchev–Trinajstić information content (AvgIpc) is 2.73. The number of likely N-dealkylation sites (tertiary alicyclic amines) is 1. The summed E-state index contributed by atoms with van der Waals surface area (Å²) >= 11 is 0. The summed E-state index contributed by atoms with van der Waals surface area (Å²) in [4.78, 5) is 26.7. The number of halogens is 1. The summed E-state index contributed by atoms with van der Waals surface area (Å²) < 4.78 is 12.9. The molecule has 1 saturated heterocycles. The van der Waals surface area contributed by atoms with Gasteiger partial charge in [-0.25, -0.2) is 4.39 Å². The molecule has 1 aliphatic heterocycles. The monoisotopic (exact) mass is 383 g/mol. The molecule has 0 bridgehead atoms. The summed E-state index contributed by atoms with van der Waals surface area (Å²) in [7, 11) is 0. The molecule has 3 rings (SSSR count). The van der Waals surface area contributed by atoms with E-state index in [0.717, 1.165) is 11.1 Å². The van der Waals surface area contributed by atoms with Crippen LogP contribution in [0, 0.1) is 11.7 Å². The lowest BCUT2D eigenvalue weighted by Crippen LogP contribution is -2.49. The van der Waals surface area contributed by atoms with Gasteiger partial charge >= 0.3 is 0 Å². The first kappa shape index (κ1) is 20.0. The van der Waals surface area contributed by atoms with E-state index in [1.807, 2.05) is 30.3 Å². The maximum Gasteiger partial charge on any atom is 0.239 e. The van der Waals surface area contributed by atoms with Crippen molar-refractivity contribution in [3.63, 3.8) is 0 Å². The number of amides is 2.